The second-order valence-electron chi connectivity index (χ2n) is 11.0. The maximum absolute atomic E-state index is 14.1. The number of hydrogen-bond donors (Lipinski definition) is 2. The Kier molecular flexibility index (Phi) is 13.0. The van der Waals surface area contributed by atoms with Gasteiger partial charge >= 0.3 is 6.09 Å². The summed E-state index contributed by atoms with van der Waals surface area (Å²) in [5, 5.41) is 5.84. The van der Waals surface area contributed by atoms with E-state index in [1.165, 1.54) is 0 Å². The Hall–Kier alpha value is -2.57. The van der Waals surface area contributed by atoms with Crippen molar-refractivity contribution in [3.05, 3.63) is 34.9 Å². The SMILES string of the molecule is CCCCCN(C(=O)C(NC(=O)OC(C)(C)C)C(C)C)C(C(=O)NCCCC)c1c(C)cccc1C. The molecule has 0 aliphatic carbocycles. The van der Waals surface area contributed by atoms with E-state index in [1.54, 1.807) is 25.7 Å². The lowest BCUT2D eigenvalue weighted by Gasteiger charge is -2.36. The van der Waals surface area contributed by atoms with E-state index in [0.717, 1.165) is 48.8 Å². The first-order valence-corrected chi connectivity index (χ1v) is 13.5. The number of unbranched alkanes of at least 4 members (excludes halogenated alkanes) is 3. The van der Waals surface area contributed by atoms with Crippen LogP contribution < -0.4 is 10.6 Å². The van der Waals surface area contributed by atoms with Gasteiger partial charge in [-0.2, -0.15) is 0 Å². The van der Waals surface area contributed by atoms with Gasteiger partial charge in [0.05, 0.1) is 0 Å². The lowest BCUT2D eigenvalue weighted by molar-refractivity contribution is -0.143. The van der Waals surface area contributed by atoms with Gasteiger partial charge in [0.15, 0.2) is 0 Å². The second kappa shape index (κ2) is 14.9. The maximum atomic E-state index is 14.1. The van der Waals surface area contributed by atoms with E-state index in [0.29, 0.717) is 13.1 Å². The van der Waals surface area contributed by atoms with Gasteiger partial charge in [0, 0.05) is 13.1 Å². The third-order valence-corrected chi connectivity index (χ3v) is 6.10. The number of alkyl carbamates (subject to hydrolysis) is 1. The third-order valence-electron chi connectivity index (χ3n) is 6.10. The zero-order chi connectivity index (χ0) is 27.5. The minimum atomic E-state index is -0.822. The molecule has 0 aliphatic heterocycles. The molecule has 2 unspecified atom stereocenters. The van der Waals surface area contributed by atoms with Crippen LogP contribution in [0.5, 0.6) is 0 Å². The molecule has 1 rings (SSSR count). The van der Waals surface area contributed by atoms with Gasteiger partial charge in [-0.3, -0.25) is 9.59 Å². The molecule has 0 saturated heterocycles. The molecule has 1 aromatic rings. The van der Waals surface area contributed by atoms with Crippen LogP contribution in [0.2, 0.25) is 0 Å². The minimum Gasteiger partial charge on any atom is -0.444 e. The smallest absolute Gasteiger partial charge is 0.408 e. The molecule has 204 valence electrons. The molecule has 0 fully saturated rings. The molecular weight excluding hydrogens is 454 g/mol. The molecule has 0 radical (unpaired) electrons. The highest BCUT2D eigenvalue weighted by molar-refractivity contribution is 5.92. The van der Waals surface area contributed by atoms with Crippen molar-refractivity contribution in [2.24, 2.45) is 5.92 Å². The van der Waals surface area contributed by atoms with Gasteiger partial charge < -0.3 is 20.3 Å². The van der Waals surface area contributed by atoms with Gasteiger partial charge in [-0.1, -0.05) is 65.2 Å². The van der Waals surface area contributed by atoms with Crippen LogP contribution in [0.1, 0.15) is 103 Å². The fourth-order valence-corrected chi connectivity index (χ4v) is 4.20. The van der Waals surface area contributed by atoms with Crippen LogP contribution in [0, 0.1) is 19.8 Å². The number of amides is 3. The summed E-state index contributed by atoms with van der Waals surface area (Å²) in [4.78, 5) is 42.1. The van der Waals surface area contributed by atoms with Crippen LogP contribution >= 0.6 is 0 Å². The number of benzene rings is 1. The molecule has 0 bridgehead atoms. The minimum absolute atomic E-state index is 0.189. The van der Waals surface area contributed by atoms with Crippen LogP contribution in [0.15, 0.2) is 18.2 Å². The Morgan fingerprint density at radius 2 is 1.56 bits per heavy atom. The van der Waals surface area contributed by atoms with Crippen LogP contribution in [0.4, 0.5) is 4.79 Å². The molecular formula is C29H49N3O4. The molecule has 1 aromatic carbocycles. The Labute approximate surface area is 218 Å². The van der Waals surface area contributed by atoms with Crippen molar-refractivity contribution >= 4 is 17.9 Å². The van der Waals surface area contributed by atoms with E-state index in [9.17, 15) is 14.4 Å². The number of ether oxygens (including phenoxy) is 1. The number of nitrogens with one attached hydrogen (secondary N) is 2. The summed E-state index contributed by atoms with van der Waals surface area (Å²) in [7, 11) is 0. The van der Waals surface area contributed by atoms with Crippen LogP contribution in [-0.4, -0.2) is 47.5 Å². The fraction of sp³-hybridized carbons (Fsp3) is 0.690. The summed E-state index contributed by atoms with van der Waals surface area (Å²) < 4.78 is 5.44. The summed E-state index contributed by atoms with van der Waals surface area (Å²) in [5.41, 5.74) is 2.08. The van der Waals surface area contributed by atoms with Crippen molar-refractivity contribution in [1.82, 2.24) is 15.5 Å². The fourth-order valence-electron chi connectivity index (χ4n) is 4.20. The number of aryl methyl sites for hydroxylation is 2. The highest BCUT2D eigenvalue weighted by Crippen LogP contribution is 2.29. The predicted octanol–water partition coefficient (Wildman–Crippen LogP) is 5.83. The number of carbonyl (C=O) groups excluding carboxylic acids is 3. The van der Waals surface area contributed by atoms with Crippen molar-refractivity contribution in [3.8, 4) is 0 Å². The molecule has 0 heterocycles. The standard InChI is InChI=1S/C29H49N3O4/c1-10-12-14-19-32(27(34)24(20(3)4)31-28(35)36-29(7,8)9)25(26(33)30-18-13-11-2)23-21(5)16-15-17-22(23)6/h15-17,20,24-25H,10-14,18-19H2,1-9H3,(H,30,33)(H,31,35). The summed E-state index contributed by atoms with van der Waals surface area (Å²) in [6, 6.07) is 4.31. The highest BCUT2D eigenvalue weighted by Gasteiger charge is 2.38. The average Bonchev–Trinajstić information content (AvgIpc) is 2.76. The highest BCUT2D eigenvalue weighted by atomic mass is 16.6. The number of carbonyl (C=O) groups is 3. The normalized spacial score (nSPS) is 13.2. The quantitative estimate of drug-likeness (QED) is 0.332. The molecule has 2 atom stereocenters. The van der Waals surface area contributed by atoms with E-state index < -0.39 is 23.8 Å². The number of hydrogen-bond acceptors (Lipinski definition) is 4. The predicted molar refractivity (Wildman–Crippen MR) is 146 cm³/mol. The largest absolute Gasteiger partial charge is 0.444 e. The summed E-state index contributed by atoms with van der Waals surface area (Å²) in [6.45, 7) is 18.2. The van der Waals surface area contributed by atoms with Crippen LogP contribution in [0.3, 0.4) is 0 Å². The van der Waals surface area contributed by atoms with Gasteiger partial charge in [-0.25, -0.2) is 4.79 Å². The Balaban J connectivity index is 3.52. The lowest BCUT2D eigenvalue weighted by Crippen LogP contribution is -2.55. The van der Waals surface area contributed by atoms with Crippen LogP contribution in [-0.2, 0) is 14.3 Å². The third kappa shape index (κ3) is 9.82. The Morgan fingerprint density at radius 1 is 0.972 bits per heavy atom. The van der Waals surface area contributed by atoms with Gasteiger partial charge in [-0.15, -0.1) is 0 Å². The van der Waals surface area contributed by atoms with E-state index in [-0.39, 0.29) is 17.7 Å². The van der Waals surface area contributed by atoms with E-state index in [1.807, 2.05) is 45.9 Å². The average molecular weight is 504 g/mol. The number of rotatable bonds is 13. The molecule has 0 saturated carbocycles. The summed E-state index contributed by atoms with van der Waals surface area (Å²) >= 11 is 0. The topological polar surface area (TPSA) is 87.7 Å². The van der Waals surface area contributed by atoms with Crippen LogP contribution in [0.25, 0.3) is 0 Å². The van der Waals surface area contributed by atoms with Crippen molar-refractivity contribution in [1.29, 1.82) is 0 Å². The van der Waals surface area contributed by atoms with Crippen molar-refractivity contribution in [2.45, 2.75) is 112 Å². The molecule has 0 aromatic heterocycles. The monoisotopic (exact) mass is 503 g/mol. The maximum Gasteiger partial charge on any atom is 0.408 e. The van der Waals surface area contributed by atoms with Crippen molar-refractivity contribution in [3.63, 3.8) is 0 Å². The van der Waals surface area contributed by atoms with E-state index >= 15 is 0 Å². The first-order chi connectivity index (χ1) is 16.8. The molecule has 7 nitrogen and oxygen atoms in total. The Morgan fingerprint density at radius 3 is 2.06 bits per heavy atom. The zero-order valence-electron chi connectivity index (χ0n) is 24.0. The molecule has 3 amide bonds. The summed E-state index contributed by atoms with van der Waals surface area (Å²) in [5.74, 6) is -0.656. The van der Waals surface area contributed by atoms with Crippen molar-refractivity contribution in [2.75, 3.05) is 13.1 Å². The van der Waals surface area contributed by atoms with Gasteiger partial charge in [0.25, 0.3) is 0 Å². The lowest BCUT2D eigenvalue weighted by atomic mass is 9.92. The molecule has 0 spiro atoms. The first kappa shape index (κ1) is 31.5. The second-order valence-corrected chi connectivity index (χ2v) is 11.0. The zero-order valence-corrected chi connectivity index (χ0v) is 24.0. The first-order valence-electron chi connectivity index (χ1n) is 13.5. The van der Waals surface area contributed by atoms with Gasteiger partial charge in [-0.05, 0) is 70.1 Å². The molecule has 2 N–H and O–H groups in total. The van der Waals surface area contributed by atoms with E-state index in [2.05, 4.69) is 24.5 Å². The Bertz CT molecular complexity index is 840. The van der Waals surface area contributed by atoms with Crippen molar-refractivity contribution < 1.29 is 19.1 Å². The number of nitrogens with zero attached hydrogens (tertiary/aromatic N) is 1. The van der Waals surface area contributed by atoms with Gasteiger partial charge in [0.1, 0.15) is 17.7 Å². The molecule has 36 heavy (non-hydrogen) atoms. The van der Waals surface area contributed by atoms with E-state index in [4.69, 9.17) is 4.74 Å². The molecule has 0 aliphatic rings. The van der Waals surface area contributed by atoms with Gasteiger partial charge in [0.2, 0.25) is 11.8 Å². The summed E-state index contributed by atoms with van der Waals surface area (Å²) in [6.07, 6.45) is 3.88. The molecule has 7 heteroatoms.